The molecule has 2 amide bonds. The van der Waals surface area contributed by atoms with Crippen molar-refractivity contribution >= 4 is 24.2 Å². The quantitative estimate of drug-likeness (QED) is 0.0463. The van der Waals surface area contributed by atoms with E-state index in [0.717, 1.165) is 89.6 Å². The number of guanidine groups is 1. The molecule has 8 rings (SSSR count). The minimum atomic E-state index is -0.758. The standard InChI is InChI=1S/C44H50N10O4/c1-28(2)38(52-44-45-21-22-46-44)42(55)53-23-7-11-36(53)40-47-25-34(50-40)31-17-13-29(14-18-31)30-15-19-32(20-16-30)35-26-48-41(51-35)37-12-8-24-54(37)43(56)39(49-27-58-57-3)33-9-5-4-6-10-33/h4-6,9-10,13-20,25-28,36-39H,7-8,11-12,21-24H2,1-3H3,(H,47,50)(H,48,51)(H2,45,46,52)/b49-27+/t36-,37-,38-,39+/m0/s1. The molecule has 0 spiro atoms. The Morgan fingerprint density at radius 2 is 1.34 bits per heavy atom. The maximum Gasteiger partial charge on any atom is 0.252 e. The number of hydrogen-bond donors (Lipinski definition) is 4. The van der Waals surface area contributed by atoms with Gasteiger partial charge in [-0.2, -0.15) is 4.89 Å². The molecule has 2 aromatic heterocycles. The van der Waals surface area contributed by atoms with Gasteiger partial charge in [-0.05, 0) is 59.4 Å². The van der Waals surface area contributed by atoms with Crippen molar-refractivity contribution < 1.29 is 19.4 Å². The van der Waals surface area contributed by atoms with E-state index in [4.69, 9.17) is 14.9 Å². The van der Waals surface area contributed by atoms with Gasteiger partial charge >= 0.3 is 0 Å². The predicted molar refractivity (Wildman–Crippen MR) is 222 cm³/mol. The number of rotatable bonds is 13. The zero-order valence-electron chi connectivity index (χ0n) is 33.1. The SMILES string of the molecule is COO/C=N/[C@@H](C(=O)N1CCC[C@H]1c1ncc(-c2ccc(-c3ccc(-c4cnc([C@@H]5CCCN5C(=O)[C@@H](NC5=NCCN5)C(C)C)[nH]4)cc3)cc2)[nH]1)c1ccccc1. The predicted octanol–water partition coefficient (Wildman–Crippen LogP) is 6.38. The van der Waals surface area contributed by atoms with Gasteiger partial charge in [0.05, 0.1) is 49.5 Å². The van der Waals surface area contributed by atoms with Gasteiger partial charge in [0.25, 0.3) is 5.91 Å². The van der Waals surface area contributed by atoms with Gasteiger partial charge in [-0.1, -0.05) is 92.7 Å². The van der Waals surface area contributed by atoms with Crippen molar-refractivity contribution in [2.45, 2.75) is 63.7 Å². The molecule has 4 N–H and O–H groups in total. The Morgan fingerprint density at radius 3 is 1.86 bits per heavy atom. The zero-order valence-corrected chi connectivity index (χ0v) is 33.1. The second-order valence-electron chi connectivity index (χ2n) is 15.3. The van der Waals surface area contributed by atoms with Crippen LogP contribution in [-0.4, -0.2) is 93.2 Å². The Morgan fingerprint density at radius 1 is 0.793 bits per heavy atom. The molecule has 0 bridgehead atoms. The average molecular weight is 783 g/mol. The Balaban J connectivity index is 0.917. The van der Waals surface area contributed by atoms with Crippen molar-refractivity contribution in [2.24, 2.45) is 15.9 Å². The highest BCUT2D eigenvalue weighted by Gasteiger charge is 2.38. The number of aliphatic imine (C=N–C) groups is 2. The van der Waals surface area contributed by atoms with Crippen molar-refractivity contribution in [1.29, 1.82) is 0 Å². The maximum atomic E-state index is 13.9. The minimum Gasteiger partial charge on any atom is -0.355 e. The molecule has 3 aliphatic heterocycles. The summed E-state index contributed by atoms with van der Waals surface area (Å²) in [6.07, 6.45) is 8.34. The molecule has 14 nitrogen and oxygen atoms in total. The van der Waals surface area contributed by atoms with E-state index in [-0.39, 0.29) is 35.9 Å². The molecule has 3 aromatic carbocycles. The lowest BCUT2D eigenvalue weighted by Gasteiger charge is -2.30. The summed E-state index contributed by atoms with van der Waals surface area (Å²) in [7, 11) is 1.39. The molecule has 5 aromatic rings. The highest BCUT2D eigenvalue weighted by Crippen LogP contribution is 2.36. The third kappa shape index (κ3) is 8.23. The smallest absolute Gasteiger partial charge is 0.252 e. The molecule has 0 radical (unpaired) electrons. The molecule has 0 unspecified atom stereocenters. The zero-order chi connectivity index (χ0) is 40.0. The van der Waals surface area contributed by atoms with Crippen LogP contribution in [0.5, 0.6) is 0 Å². The molecule has 0 aliphatic carbocycles. The summed E-state index contributed by atoms with van der Waals surface area (Å²) in [5.74, 6) is 2.34. The van der Waals surface area contributed by atoms with Crippen molar-refractivity contribution in [3.8, 4) is 33.6 Å². The fourth-order valence-electron chi connectivity index (χ4n) is 8.17. The summed E-state index contributed by atoms with van der Waals surface area (Å²) in [4.78, 5) is 66.4. The molecule has 14 heteroatoms. The number of aromatic nitrogens is 4. The highest BCUT2D eigenvalue weighted by atomic mass is 17.2. The molecule has 4 atom stereocenters. The summed E-state index contributed by atoms with van der Waals surface area (Å²) < 4.78 is 0. The summed E-state index contributed by atoms with van der Waals surface area (Å²) in [5.41, 5.74) is 6.78. The van der Waals surface area contributed by atoms with Gasteiger partial charge in [0.1, 0.15) is 17.7 Å². The third-order valence-electron chi connectivity index (χ3n) is 11.2. The summed E-state index contributed by atoms with van der Waals surface area (Å²) in [6.45, 7) is 6.95. The molecule has 2 saturated heterocycles. The first-order chi connectivity index (χ1) is 28.4. The van der Waals surface area contributed by atoms with Crippen molar-refractivity contribution in [3.63, 3.8) is 0 Å². The molecule has 2 fully saturated rings. The molecule has 5 heterocycles. The Kier molecular flexibility index (Phi) is 11.6. The van der Waals surface area contributed by atoms with Crippen LogP contribution < -0.4 is 10.6 Å². The van der Waals surface area contributed by atoms with Gasteiger partial charge in [-0.15, -0.1) is 0 Å². The van der Waals surface area contributed by atoms with E-state index in [2.05, 4.69) is 97.9 Å². The number of hydrogen-bond acceptors (Lipinski definition) is 10. The van der Waals surface area contributed by atoms with Gasteiger partial charge in [0.2, 0.25) is 12.3 Å². The lowest BCUT2D eigenvalue weighted by Crippen LogP contribution is -2.53. The number of H-pyrrole nitrogens is 2. The third-order valence-corrected chi connectivity index (χ3v) is 11.2. The van der Waals surface area contributed by atoms with Gasteiger partial charge in [-0.3, -0.25) is 14.6 Å². The molecular formula is C44H50N10O4. The lowest BCUT2D eigenvalue weighted by atomic mass is 10.0. The van der Waals surface area contributed by atoms with Gasteiger partial charge in [0.15, 0.2) is 12.0 Å². The van der Waals surface area contributed by atoms with Crippen LogP contribution in [0.25, 0.3) is 33.6 Å². The minimum absolute atomic E-state index is 0.0799. The number of carbonyl (C=O) groups is 2. The number of imidazole rings is 2. The van der Waals surface area contributed by atoms with E-state index in [9.17, 15) is 9.59 Å². The van der Waals surface area contributed by atoms with Crippen LogP contribution >= 0.6 is 0 Å². The number of amides is 2. The van der Waals surface area contributed by atoms with Crippen LogP contribution in [0.3, 0.4) is 0 Å². The van der Waals surface area contributed by atoms with Crippen molar-refractivity contribution in [3.05, 3.63) is 108 Å². The van der Waals surface area contributed by atoms with Crippen molar-refractivity contribution in [1.82, 2.24) is 40.4 Å². The summed E-state index contributed by atoms with van der Waals surface area (Å²) in [5, 5.41) is 6.57. The summed E-state index contributed by atoms with van der Waals surface area (Å²) in [6, 6.07) is 24.9. The second kappa shape index (κ2) is 17.5. The van der Waals surface area contributed by atoms with E-state index in [1.54, 1.807) is 0 Å². The van der Waals surface area contributed by atoms with Gasteiger partial charge < -0.3 is 35.3 Å². The van der Waals surface area contributed by atoms with Crippen LogP contribution in [0.15, 0.2) is 101 Å². The Hall–Kier alpha value is -6.28. The number of nitrogens with one attached hydrogen (secondary N) is 4. The van der Waals surface area contributed by atoms with Crippen LogP contribution in [0, 0.1) is 5.92 Å². The molecule has 300 valence electrons. The largest absolute Gasteiger partial charge is 0.355 e. The first kappa shape index (κ1) is 38.6. The van der Waals surface area contributed by atoms with E-state index in [1.165, 1.54) is 13.5 Å². The van der Waals surface area contributed by atoms with Crippen LogP contribution in [0.1, 0.15) is 74.9 Å². The molecule has 3 aliphatic rings. The van der Waals surface area contributed by atoms with Crippen molar-refractivity contribution in [2.75, 3.05) is 33.3 Å². The van der Waals surface area contributed by atoms with Crippen LogP contribution in [0.4, 0.5) is 0 Å². The number of carbonyl (C=O) groups excluding carboxylic acids is 2. The van der Waals surface area contributed by atoms with E-state index in [1.807, 2.05) is 52.5 Å². The average Bonchev–Trinajstić information content (AvgIpc) is 4.11. The van der Waals surface area contributed by atoms with E-state index in [0.29, 0.717) is 19.0 Å². The fraction of sp³-hybridized carbons (Fsp3) is 0.364. The molecule has 0 saturated carbocycles. The fourth-order valence-corrected chi connectivity index (χ4v) is 8.17. The Bertz CT molecular complexity index is 2230. The van der Waals surface area contributed by atoms with Crippen LogP contribution in [0.2, 0.25) is 0 Å². The Labute approximate surface area is 338 Å². The van der Waals surface area contributed by atoms with Crippen LogP contribution in [-0.2, 0) is 19.4 Å². The maximum absolute atomic E-state index is 13.9. The number of likely N-dealkylation sites (tertiary alicyclic amines) is 2. The summed E-state index contributed by atoms with van der Waals surface area (Å²) >= 11 is 0. The van der Waals surface area contributed by atoms with Gasteiger partial charge in [-0.25, -0.2) is 15.0 Å². The number of benzene rings is 3. The van der Waals surface area contributed by atoms with Gasteiger partial charge in [0, 0.05) is 19.6 Å². The second-order valence-corrected chi connectivity index (χ2v) is 15.3. The molecule has 58 heavy (non-hydrogen) atoms. The molecular weight excluding hydrogens is 733 g/mol. The number of nitrogens with zero attached hydrogens (tertiary/aromatic N) is 6. The topological polar surface area (TPSA) is 165 Å². The first-order valence-electron chi connectivity index (χ1n) is 20.1. The van der Waals surface area contributed by atoms with E-state index < -0.39 is 6.04 Å². The first-order valence-corrected chi connectivity index (χ1v) is 20.1. The number of aromatic amines is 2. The van der Waals surface area contributed by atoms with E-state index >= 15 is 0 Å². The lowest BCUT2D eigenvalue weighted by molar-refractivity contribution is -0.188. The monoisotopic (exact) mass is 782 g/mol. The normalized spacial score (nSPS) is 19.1. The highest BCUT2D eigenvalue weighted by molar-refractivity contribution is 5.90.